The highest BCUT2D eigenvalue weighted by atomic mass is 32.2. The third kappa shape index (κ3) is 3.13. The van der Waals surface area contributed by atoms with Crippen LogP contribution in [0.1, 0.15) is 30.5 Å². The summed E-state index contributed by atoms with van der Waals surface area (Å²) >= 11 is 1.50. The normalized spacial score (nSPS) is 21.8. The molecule has 152 valence electrons. The number of amides is 3. The second kappa shape index (κ2) is 6.69. The van der Waals surface area contributed by atoms with E-state index >= 15 is 0 Å². The van der Waals surface area contributed by atoms with Gasteiger partial charge in [-0.1, -0.05) is 6.07 Å². The lowest BCUT2D eigenvalue weighted by atomic mass is 10.0. The van der Waals surface area contributed by atoms with Gasteiger partial charge in [0.15, 0.2) is 4.87 Å². The fourth-order valence-electron chi connectivity index (χ4n) is 3.94. The smallest absolute Gasteiger partial charge is 0.323 e. The van der Waals surface area contributed by atoms with Crippen molar-refractivity contribution in [3.8, 4) is 5.75 Å². The molecule has 6 nitrogen and oxygen atoms in total. The molecule has 2 aromatic rings. The number of rotatable bonds is 2. The zero-order chi connectivity index (χ0) is 21.0. The lowest BCUT2D eigenvalue weighted by Gasteiger charge is -2.32. The minimum atomic E-state index is -1.13. The fraction of sp³-hybridized carbons (Fsp3) is 0.364. The number of methoxy groups -OCH3 is 1. The summed E-state index contributed by atoms with van der Waals surface area (Å²) in [6, 6.07) is 11.0. The average molecular weight is 412 g/mol. The second-order valence-corrected chi connectivity index (χ2v) is 10.1. The first kappa shape index (κ1) is 19.6. The maximum atomic E-state index is 13.4. The molecule has 0 bridgehead atoms. The van der Waals surface area contributed by atoms with Crippen molar-refractivity contribution in [2.24, 2.45) is 0 Å². The number of benzene rings is 2. The van der Waals surface area contributed by atoms with E-state index in [1.807, 2.05) is 64.1 Å². The molecular formula is C22H25N3O3S. The van der Waals surface area contributed by atoms with Crippen LogP contribution < -0.4 is 15.4 Å². The zero-order valence-electron chi connectivity index (χ0n) is 17.3. The monoisotopic (exact) mass is 411 g/mol. The van der Waals surface area contributed by atoms with Crippen LogP contribution in [-0.4, -0.2) is 35.2 Å². The van der Waals surface area contributed by atoms with Crippen LogP contribution >= 0.6 is 11.8 Å². The Bertz CT molecular complexity index is 1020. The number of nitrogens with zero attached hydrogens (tertiary/aromatic N) is 1. The van der Waals surface area contributed by atoms with Crippen molar-refractivity contribution in [3.63, 3.8) is 0 Å². The Labute approximate surface area is 175 Å². The Morgan fingerprint density at radius 3 is 2.62 bits per heavy atom. The molecule has 1 spiro atoms. The van der Waals surface area contributed by atoms with Crippen molar-refractivity contribution in [1.82, 2.24) is 4.90 Å². The maximum absolute atomic E-state index is 13.4. The third-order valence-corrected chi connectivity index (χ3v) is 7.10. The number of urea groups is 1. The molecule has 3 amide bonds. The van der Waals surface area contributed by atoms with Gasteiger partial charge in [0.25, 0.3) is 5.91 Å². The van der Waals surface area contributed by atoms with Crippen molar-refractivity contribution in [1.29, 1.82) is 0 Å². The van der Waals surface area contributed by atoms with Gasteiger partial charge in [-0.3, -0.25) is 9.69 Å². The molecule has 0 aliphatic carbocycles. The number of hydrogen-bond acceptors (Lipinski definition) is 4. The van der Waals surface area contributed by atoms with Crippen molar-refractivity contribution >= 4 is 35.1 Å². The number of carbonyl (C=O) groups excluding carboxylic acids is 2. The van der Waals surface area contributed by atoms with Crippen LogP contribution in [0.25, 0.3) is 0 Å². The summed E-state index contributed by atoms with van der Waals surface area (Å²) in [5.41, 5.74) is 4.45. The quantitative estimate of drug-likeness (QED) is 0.765. The number of aryl methyl sites for hydroxylation is 2. The van der Waals surface area contributed by atoms with E-state index in [2.05, 4.69) is 10.6 Å². The van der Waals surface area contributed by atoms with Gasteiger partial charge in [0.1, 0.15) is 5.75 Å². The van der Waals surface area contributed by atoms with Gasteiger partial charge in [-0.05, 0) is 69.2 Å². The molecule has 2 aromatic carbocycles. The molecule has 2 aliphatic heterocycles. The summed E-state index contributed by atoms with van der Waals surface area (Å²) in [6.45, 7) is 8.58. The number of ether oxygens (including phenoxy) is 1. The molecule has 1 atom stereocenters. The number of nitrogens with one attached hydrogen (secondary N) is 2. The number of fused-ring (bicyclic) bond motifs is 2. The Hall–Kier alpha value is -2.67. The van der Waals surface area contributed by atoms with Gasteiger partial charge in [0, 0.05) is 28.2 Å². The first-order chi connectivity index (χ1) is 13.7. The van der Waals surface area contributed by atoms with E-state index in [1.54, 1.807) is 12.0 Å². The molecule has 2 heterocycles. The lowest BCUT2D eigenvalue weighted by molar-refractivity contribution is -0.121. The SMILES string of the molecule is COc1ccc2c(c1)[C@]1(SC(C)(C)CN1C(=O)Nc1ccc(C)c(C)c1)C(=O)N2. The number of carbonyl (C=O) groups is 2. The molecule has 1 saturated heterocycles. The predicted octanol–water partition coefficient (Wildman–Crippen LogP) is 4.48. The molecule has 1 fully saturated rings. The Morgan fingerprint density at radius 1 is 1.17 bits per heavy atom. The van der Waals surface area contributed by atoms with Crippen molar-refractivity contribution in [2.45, 2.75) is 37.3 Å². The molecule has 29 heavy (non-hydrogen) atoms. The average Bonchev–Trinajstić information content (AvgIpc) is 3.11. The molecule has 0 radical (unpaired) electrons. The van der Waals surface area contributed by atoms with Crippen molar-refractivity contribution in [2.75, 3.05) is 24.3 Å². The highest BCUT2D eigenvalue weighted by molar-refractivity contribution is 8.02. The summed E-state index contributed by atoms with van der Waals surface area (Å²) in [6.07, 6.45) is 0. The molecule has 0 saturated carbocycles. The highest BCUT2D eigenvalue weighted by Gasteiger charge is 2.61. The second-order valence-electron chi connectivity index (χ2n) is 8.19. The Kier molecular flexibility index (Phi) is 4.53. The van der Waals surface area contributed by atoms with Crippen molar-refractivity contribution < 1.29 is 14.3 Å². The third-order valence-electron chi connectivity index (χ3n) is 5.49. The Balaban J connectivity index is 1.75. The topological polar surface area (TPSA) is 70.7 Å². The molecule has 0 aromatic heterocycles. The molecule has 4 rings (SSSR count). The maximum Gasteiger partial charge on any atom is 0.323 e. The van der Waals surface area contributed by atoms with Gasteiger partial charge < -0.3 is 15.4 Å². The van der Waals surface area contributed by atoms with E-state index in [0.717, 1.165) is 16.7 Å². The first-order valence-corrected chi connectivity index (χ1v) is 10.3. The van der Waals surface area contributed by atoms with Crippen LogP contribution in [0.2, 0.25) is 0 Å². The standard InChI is InChI=1S/C22H25N3O3S/c1-13-6-7-15(10-14(13)2)23-20(27)25-12-21(3,4)29-22(25)17-11-16(28-5)8-9-18(17)24-19(22)26/h6-11H,12H2,1-5H3,(H,23,27)(H,24,26)/t22-/m0/s1. The van der Waals surface area contributed by atoms with Crippen LogP contribution in [-0.2, 0) is 9.67 Å². The van der Waals surface area contributed by atoms with Crippen LogP contribution in [0.5, 0.6) is 5.75 Å². The van der Waals surface area contributed by atoms with E-state index in [-0.39, 0.29) is 16.7 Å². The van der Waals surface area contributed by atoms with E-state index in [0.29, 0.717) is 23.7 Å². The van der Waals surface area contributed by atoms with Gasteiger partial charge in [0.05, 0.1) is 7.11 Å². The molecule has 2 N–H and O–H groups in total. The van der Waals surface area contributed by atoms with E-state index in [1.165, 1.54) is 11.8 Å². The number of anilines is 2. The van der Waals surface area contributed by atoms with Gasteiger partial charge in [-0.15, -0.1) is 11.8 Å². The lowest BCUT2D eigenvalue weighted by Crippen LogP contribution is -2.49. The van der Waals surface area contributed by atoms with E-state index in [4.69, 9.17) is 4.74 Å². The van der Waals surface area contributed by atoms with Gasteiger partial charge in [-0.25, -0.2) is 4.79 Å². The highest BCUT2D eigenvalue weighted by Crippen LogP contribution is 2.58. The molecule has 7 heteroatoms. The largest absolute Gasteiger partial charge is 0.497 e. The van der Waals surface area contributed by atoms with Crippen LogP contribution in [0.3, 0.4) is 0 Å². The molecule has 0 unspecified atom stereocenters. The summed E-state index contributed by atoms with van der Waals surface area (Å²) in [7, 11) is 1.59. The molecular weight excluding hydrogens is 386 g/mol. The van der Waals surface area contributed by atoms with E-state index < -0.39 is 4.87 Å². The summed E-state index contributed by atoms with van der Waals surface area (Å²) < 4.78 is 5.09. The van der Waals surface area contributed by atoms with E-state index in [9.17, 15) is 9.59 Å². The molecule has 2 aliphatic rings. The number of hydrogen-bond donors (Lipinski definition) is 2. The van der Waals surface area contributed by atoms with Crippen LogP contribution in [0.4, 0.5) is 16.2 Å². The van der Waals surface area contributed by atoms with Crippen molar-refractivity contribution in [3.05, 3.63) is 53.1 Å². The minimum Gasteiger partial charge on any atom is -0.497 e. The van der Waals surface area contributed by atoms with Gasteiger partial charge >= 0.3 is 6.03 Å². The van der Waals surface area contributed by atoms with Gasteiger partial charge in [0.2, 0.25) is 0 Å². The Morgan fingerprint density at radius 2 is 1.93 bits per heavy atom. The summed E-state index contributed by atoms with van der Waals surface area (Å²) in [4.78, 5) is 27.1. The number of thioether (sulfide) groups is 1. The fourth-order valence-corrected chi connectivity index (χ4v) is 5.62. The minimum absolute atomic E-state index is 0.202. The predicted molar refractivity (Wildman–Crippen MR) is 117 cm³/mol. The summed E-state index contributed by atoms with van der Waals surface area (Å²) in [5, 5.41) is 5.93. The van der Waals surface area contributed by atoms with Crippen LogP contribution in [0, 0.1) is 13.8 Å². The summed E-state index contributed by atoms with van der Waals surface area (Å²) in [5.74, 6) is 0.450. The van der Waals surface area contributed by atoms with Crippen LogP contribution in [0.15, 0.2) is 36.4 Å². The van der Waals surface area contributed by atoms with Gasteiger partial charge in [-0.2, -0.15) is 0 Å². The zero-order valence-corrected chi connectivity index (χ0v) is 18.1. The first-order valence-electron chi connectivity index (χ1n) is 9.52.